The van der Waals surface area contributed by atoms with E-state index in [2.05, 4.69) is 0 Å². The van der Waals surface area contributed by atoms with Crippen LogP contribution in [0.15, 0.2) is 0 Å². The predicted molar refractivity (Wildman–Crippen MR) is 38.9 cm³/mol. The summed E-state index contributed by atoms with van der Waals surface area (Å²) in [6.45, 7) is 3.48. The minimum absolute atomic E-state index is 0.332. The smallest absolute Gasteiger partial charge is 0.236 e. The van der Waals surface area contributed by atoms with Gasteiger partial charge in [0.15, 0.2) is 0 Å². The van der Waals surface area contributed by atoms with E-state index in [9.17, 15) is 4.79 Å². The second kappa shape index (κ2) is 3.56. The minimum Gasteiger partial charge on any atom is -0.368 e. The second-order valence-electron chi connectivity index (χ2n) is 2.63. The van der Waals surface area contributed by atoms with Gasteiger partial charge in [-0.3, -0.25) is 9.69 Å². The summed E-state index contributed by atoms with van der Waals surface area (Å²) in [5.74, 6) is -0.332. The first-order valence-corrected chi connectivity index (χ1v) is 3.67. The molecule has 1 rings (SSSR count). The van der Waals surface area contributed by atoms with Crippen molar-refractivity contribution in [2.45, 2.75) is 19.3 Å². The highest BCUT2D eigenvalue weighted by molar-refractivity contribution is 5.82. The SMILES string of the molecule is NC(=O)[CH]N1CCCCC1. The summed E-state index contributed by atoms with van der Waals surface area (Å²) in [7, 11) is 0. The lowest BCUT2D eigenvalue weighted by Gasteiger charge is -2.23. The zero-order valence-corrected chi connectivity index (χ0v) is 6.05. The molecule has 0 spiro atoms. The highest BCUT2D eigenvalue weighted by Gasteiger charge is 2.11. The van der Waals surface area contributed by atoms with E-state index in [0.29, 0.717) is 0 Å². The molecule has 3 heteroatoms. The van der Waals surface area contributed by atoms with E-state index in [1.54, 1.807) is 0 Å². The van der Waals surface area contributed by atoms with E-state index in [1.165, 1.54) is 25.8 Å². The lowest BCUT2D eigenvalue weighted by atomic mass is 10.1. The van der Waals surface area contributed by atoms with Gasteiger partial charge in [0, 0.05) is 0 Å². The Morgan fingerprint density at radius 2 is 1.90 bits per heavy atom. The van der Waals surface area contributed by atoms with E-state index in [1.807, 2.05) is 4.90 Å². The van der Waals surface area contributed by atoms with Crippen molar-refractivity contribution >= 4 is 5.91 Å². The minimum atomic E-state index is -0.332. The molecule has 3 nitrogen and oxygen atoms in total. The zero-order chi connectivity index (χ0) is 7.40. The molecule has 0 aromatic carbocycles. The highest BCUT2D eigenvalue weighted by atomic mass is 16.1. The van der Waals surface area contributed by atoms with Gasteiger partial charge in [-0.2, -0.15) is 0 Å². The van der Waals surface area contributed by atoms with Gasteiger partial charge in [-0.25, -0.2) is 0 Å². The maximum atomic E-state index is 10.4. The lowest BCUT2D eigenvalue weighted by Crippen LogP contribution is -2.32. The number of carbonyl (C=O) groups is 1. The van der Waals surface area contributed by atoms with Gasteiger partial charge in [0.2, 0.25) is 5.91 Å². The molecular formula is C7H13N2O. The van der Waals surface area contributed by atoms with Crippen LogP contribution in [-0.2, 0) is 4.79 Å². The predicted octanol–water partition coefficient (Wildman–Crippen LogP) is 0.119. The summed E-state index contributed by atoms with van der Waals surface area (Å²) in [6.07, 6.45) is 3.65. The lowest BCUT2D eigenvalue weighted by molar-refractivity contribution is -0.116. The van der Waals surface area contributed by atoms with Crippen LogP contribution < -0.4 is 5.73 Å². The van der Waals surface area contributed by atoms with Gasteiger partial charge in [0.05, 0.1) is 0 Å². The van der Waals surface area contributed by atoms with Gasteiger partial charge >= 0.3 is 0 Å². The topological polar surface area (TPSA) is 46.3 Å². The first kappa shape index (κ1) is 7.54. The fraction of sp³-hybridized carbons (Fsp3) is 0.714. The Balaban J connectivity index is 2.19. The maximum absolute atomic E-state index is 10.4. The second-order valence-corrected chi connectivity index (χ2v) is 2.63. The van der Waals surface area contributed by atoms with Gasteiger partial charge in [0.25, 0.3) is 0 Å². The normalized spacial score (nSPS) is 20.8. The number of likely N-dealkylation sites (tertiary alicyclic amines) is 1. The van der Waals surface area contributed by atoms with Crippen LogP contribution in [0.5, 0.6) is 0 Å². The van der Waals surface area contributed by atoms with Gasteiger partial charge in [-0.15, -0.1) is 0 Å². The van der Waals surface area contributed by atoms with E-state index >= 15 is 0 Å². The Morgan fingerprint density at radius 1 is 1.30 bits per heavy atom. The van der Waals surface area contributed by atoms with E-state index < -0.39 is 0 Å². The monoisotopic (exact) mass is 141 g/mol. The van der Waals surface area contributed by atoms with Crippen molar-refractivity contribution in [1.29, 1.82) is 0 Å². The van der Waals surface area contributed by atoms with E-state index in [4.69, 9.17) is 5.73 Å². The van der Waals surface area contributed by atoms with Crippen LogP contribution in [0.3, 0.4) is 0 Å². The number of nitrogens with zero attached hydrogens (tertiary/aromatic N) is 1. The van der Waals surface area contributed by atoms with Crippen molar-refractivity contribution in [2.24, 2.45) is 5.73 Å². The molecule has 0 bridgehead atoms. The molecule has 1 amide bonds. The number of rotatable bonds is 2. The Morgan fingerprint density at radius 3 is 2.40 bits per heavy atom. The molecule has 10 heavy (non-hydrogen) atoms. The standard InChI is InChI=1S/C7H13N2O/c8-7(10)6-9-4-2-1-3-5-9/h6H,1-5H2,(H2,8,10). The van der Waals surface area contributed by atoms with Gasteiger partial charge in [0.1, 0.15) is 6.54 Å². The van der Waals surface area contributed by atoms with Crippen LogP contribution in [-0.4, -0.2) is 23.9 Å². The summed E-state index contributed by atoms with van der Waals surface area (Å²) in [4.78, 5) is 12.4. The first-order valence-electron chi connectivity index (χ1n) is 3.67. The summed E-state index contributed by atoms with van der Waals surface area (Å²) < 4.78 is 0. The van der Waals surface area contributed by atoms with Gasteiger partial charge in [-0.1, -0.05) is 6.42 Å². The fourth-order valence-electron chi connectivity index (χ4n) is 1.23. The fourth-order valence-corrected chi connectivity index (χ4v) is 1.23. The van der Waals surface area contributed by atoms with Crippen LogP contribution >= 0.6 is 0 Å². The number of nitrogens with two attached hydrogens (primary N) is 1. The van der Waals surface area contributed by atoms with Crippen molar-refractivity contribution in [3.63, 3.8) is 0 Å². The molecule has 2 N–H and O–H groups in total. The third kappa shape index (κ3) is 2.35. The molecule has 0 aliphatic carbocycles. The third-order valence-corrected chi connectivity index (χ3v) is 1.70. The number of piperidine rings is 1. The van der Waals surface area contributed by atoms with Gasteiger partial charge < -0.3 is 5.73 Å². The average Bonchev–Trinajstić information content (AvgIpc) is 1.88. The molecule has 0 unspecified atom stereocenters. The van der Waals surface area contributed by atoms with Crippen LogP contribution in [0, 0.1) is 6.54 Å². The van der Waals surface area contributed by atoms with Crippen molar-refractivity contribution < 1.29 is 4.79 Å². The van der Waals surface area contributed by atoms with Crippen LogP contribution in [0.2, 0.25) is 0 Å². The third-order valence-electron chi connectivity index (χ3n) is 1.70. The molecule has 0 saturated carbocycles. The Labute approximate surface area is 61.2 Å². The number of amides is 1. The van der Waals surface area contributed by atoms with Crippen LogP contribution in [0.1, 0.15) is 19.3 Å². The van der Waals surface area contributed by atoms with Crippen molar-refractivity contribution in [3.05, 3.63) is 6.54 Å². The maximum Gasteiger partial charge on any atom is 0.236 e. The highest BCUT2D eigenvalue weighted by Crippen LogP contribution is 2.08. The average molecular weight is 141 g/mol. The summed E-state index contributed by atoms with van der Waals surface area (Å²) in [5.41, 5.74) is 4.99. The number of hydrogen-bond donors (Lipinski definition) is 1. The Bertz CT molecular complexity index is 119. The van der Waals surface area contributed by atoms with Crippen LogP contribution in [0.25, 0.3) is 0 Å². The molecule has 1 radical (unpaired) electrons. The van der Waals surface area contributed by atoms with Gasteiger partial charge in [-0.05, 0) is 25.9 Å². The largest absolute Gasteiger partial charge is 0.368 e. The first-order chi connectivity index (χ1) is 4.79. The van der Waals surface area contributed by atoms with E-state index in [-0.39, 0.29) is 5.91 Å². The van der Waals surface area contributed by atoms with Crippen LogP contribution in [0.4, 0.5) is 0 Å². The molecule has 1 aliphatic rings. The molecule has 1 heterocycles. The van der Waals surface area contributed by atoms with Crippen molar-refractivity contribution in [3.8, 4) is 0 Å². The summed E-state index contributed by atoms with van der Waals surface area (Å²) in [5, 5.41) is 0. The molecule has 0 atom stereocenters. The molecule has 1 fully saturated rings. The Kier molecular flexibility index (Phi) is 2.68. The molecule has 0 aromatic heterocycles. The summed E-state index contributed by atoms with van der Waals surface area (Å²) >= 11 is 0. The van der Waals surface area contributed by atoms with Crippen molar-refractivity contribution in [2.75, 3.05) is 13.1 Å². The molecule has 1 saturated heterocycles. The summed E-state index contributed by atoms with van der Waals surface area (Å²) in [6, 6.07) is 0. The number of hydrogen-bond acceptors (Lipinski definition) is 2. The molecule has 1 aliphatic heterocycles. The number of carbonyl (C=O) groups excluding carboxylic acids is 1. The zero-order valence-electron chi connectivity index (χ0n) is 6.05. The molecule has 0 aromatic rings. The quantitative estimate of drug-likeness (QED) is 0.593. The number of primary amides is 1. The van der Waals surface area contributed by atoms with E-state index in [0.717, 1.165) is 13.1 Å². The Hall–Kier alpha value is -0.570. The van der Waals surface area contributed by atoms with Crippen molar-refractivity contribution in [1.82, 2.24) is 4.90 Å². The molecule has 57 valence electrons. The molecular weight excluding hydrogens is 128 g/mol.